The van der Waals surface area contributed by atoms with E-state index in [-0.39, 0.29) is 12.1 Å². The van der Waals surface area contributed by atoms with Crippen LogP contribution in [0.4, 0.5) is 0 Å². The summed E-state index contributed by atoms with van der Waals surface area (Å²) in [5.41, 5.74) is 0. The van der Waals surface area contributed by atoms with Gasteiger partial charge >= 0.3 is 5.97 Å². The molecule has 0 aliphatic heterocycles. The third kappa shape index (κ3) is 17.6. The van der Waals surface area contributed by atoms with Gasteiger partial charge in [0.25, 0.3) is 0 Å². The standard InChI is InChI=1S/C22H42O2/c1-4-6-7-8-9-10-11-12-13-14-15-16-17-18-19-20-22(23)24-21(3)5-2/h12-13,21H,4-11,14-20H2,1-3H3/b13-12-. The molecule has 0 amide bonds. The summed E-state index contributed by atoms with van der Waals surface area (Å²) in [5, 5.41) is 0. The number of carbonyl (C=O) groups is 1. The highest BCUT2D eigenvalue weighted by atomic mass is 16.5. The molecule has 0 saturated heterocycles. The van der Waals surface area contributed by atoms with Crippen molar-refractivity contribution >= 4 is 5.97 Å². The number of hydrogen-bond donors (Lipinski definition) is 0. The molecule has 0 aromatic rings. The largest absolute Gasteiger partial charge is 0.463 e. The van der Waals surface area contributed by atoms with Crippen LogP contribution in [0.1, 0.15) is 117 Å². The van der Waals surface area contributed by atoms with Gasteiger partial charge in [-0.1, -0.05) is 77.4 Å². The molecule has 0 radical (unpaired) electrons. The van der Waals surface area contributed by atoms with Crippen LogP contribution < -0.4 is 0 Å². The molecule has 2 heteroatoms. The molecule has 2 nitrogen and oxygen atoms in total. The summed E-state index contributed by atoms with van der Waals surface area (Å²) in [6.07, 6.45) is 23.0. The summed E-state index contributed by atoms with van der Waals surface area (Å²) in [6.45, 7) is 6.27. The maximum Gasteiger partial charge on any atom is 0.306 e. The quantitative estimate of drug-likeness (QED) is 0.157. The molecule has 0 spiro atoms. The van der Waals surface area contributed by atoms with Crippen molar-refractivity contribution in [1.82, 2.24) is 0 Å². The van der Waals surface area contributed by atoms with Crippen LogP contribution in [0.3, 0.4) is 0 Å². The van der Waals surface area contributed by atoms with Crippen LogP contribution in [-0.4, -0.2) is 12.1 Å². The maximum atomic E-state index is 11.5. The van der Waals surface area contributed by atoms with E-state index in [2.05, 4.69) is 19.1 Å². The van der Waals surface area contributed by atoms with Gasteiger partial charge in [-0.05, 0) is 45.4 Å². The van der Waals surface area contributed by atoms with Gasteiger partial charge in [-0.3, -0.25) is 4.79 Å². The highest BCUT2D eigenvalue weighted by Crippen LogP contribution is 2.10. The summed E-state index contributed by atoms with van der Waals surface area (Å²) in [6, 6.07) is 0. The van der Waals surface area contributed by atoms with Crippen LogP contribution in [0, 0.1) is 0 Å². The minimum atomic E-state index is -0.0259. The number of unbranched alkanes of at least 4 members (excludes halogenated alkanes) is 11. The van der Waals surface area contributed by atoms with E-state index >= 15 is 0 Å². The van der Waals surface area contributed by atoms with Gasteiger partial charge in [-0.15, -0.1) is 0 Å². The monoisotopic (exact) mass is 338 g/mol. The van der Waals surface area contributed by atoms with Crippen LogP contribution in [0.2, 0.25) is 0 Å². The molecule has 0 aliphatic carbocycles. The summed E-state index contributed by atoms with van der Waals surface area (Å²) >= 11 is 0. The summed E-state index contributed by atoms with van der Waals surface area (Å²) in [4.78, 5) is 11.5. The van der Waals surface area contributed by atoms with Crippen LogP contribution in [0.25, 0.3) is 0 Å². The number of ether oxygens (including phenoxy) is 1. The zero-order valence-corrected chi connectivity index (χ0v) is 16.7. The molecule has 142 valence electrons. The van der Waals surface area contributed by atoms with Crippen LogP contribution in [0.15, 0.2) is 12.2 Å². The van der Waals surface area contributed by atoms with Gasteiger partial charge in [0.1, 0.15) is 0 Å². The van der Waals surface area contributed by atoms with E-state index in [1.54, 1.807) is 0 Å². The average Bonchev–Trinajstić information content (AvgIpc) is 2.58. The normalized spacial score (nSPS) is 12.6. The lowest BCUT2D eigenvalue weighted by molar-refractivity contribution is -0.148. The Morgan fingerprint density at radius 2 is 1.29 bits per heavy atom. The van der Waals surface area contributed by atoms with Crippen molar-refractivity contribution in [1.29, 1.82) is 0 Å². The summed E-state index contributed by atoms with van der Waals surface area (Å²) in [5.74, 6) is -0.0259. The van der Waals surface area contributed by atoms with Crippen molar-refractivity contribution in [2.75, 3.05) is 0 Å². The first kappa shape index (κ1) is 23.2. The molecule has 1 atom stereocenters. The molecule has 0 aromatic heterocycles. The number of hydrogen-bond acceptors (Lipinski definition) is 2. The fourth-order valence-corrected chi connectivity index (χ4v) is 2.71. The van der Waals surface area contributed by atoms with Crippen molar-refractivity contribution in [3.63, 3.8) is 0 Å². The molecular formula is C22H42O2. The molecular weight excluding hydrogens is 296 g/mol. The van der Waals surface area contributed by atoms with Crippen molar-refractivity contribution in [3.8, 4) is 0 Å². The SMILES string of the molecule is CCCCCCCC/C=C\CCCCCCCC(=O)OC(C)CC. The highest BCUT2D eigenvalue weighted by molar-refractivity contribution is 5.69. The van der Waals surface area contributed by atoms with E-state index < -0.39 is 0 Å². The lowest BCUT2D eigenvalue weighted by Crippen LogP contribution is -2.13. The van der Waals surface area contributed by atoms with E-state index in [0.29, 0.717) is 6.42 Å². The van der Waals surface area contributed by atoms with Gasteiger partial charge in [-0.25, -0.2) is 0 Å². The Morgan fingerprint density at radius 3 is 1.83 bits per heavy atom. The Morgan fingerprint density at radius 1 is 0.792 bits per heavy atom. The van der Waals surface area contributed by atoms with Crippen molar-refractivity contribution in [2.45, 2.75) is 123 Å². The fourth-order valence-electron chi connectivity index (χ4n) is 2.71. The highest BCUT2D eigenvalue weighted by Gasteiger charge is 2.06. The lowest BCUT2D eigenvalue weighted by atomic mass is 10.1. The number of carbonyl (C=O) groups excluding carboxylic acids is 1. The fraction of sp³-hybridized carbons (Fsp3) is 0.864. The first-order valence-corrected chi connectivity index (χ1v) is 10.5. The number of esters is 1. The second kappa shape index (κ2) is 18.5. The Labute approximate surface area is 151 Å². The summed E-state index contributed by atoms with van der Waals surface area (Å²) < 4.78 is 5.27. The second-order valence-corrected chi connectivity index (χ2v) is 7.04. The van der Waals surface area contributed by atoms with Crippen molar-refractivity contribution in [3.05, 3.63) is 12.2 Å². The average molecular weight is 339 g/mol. The molecule has 0 bridgehead atoms. The topological polar surface area (TPSA) is 26.3 Å². The van der Waals surface area contributed by atoms with Crippen LogP contribution >= 0.6 is 0 Å². The molecule has 0 aliphatic rings. The smallest absolute Gasteiger partial charge is 0.306 e. The molecule has 24 heavy (non-hydrogen) atoms. The predicted octanol–water partition coefficient (Wildman–Crippen LogP) is 7.37. The molecule has 0 rings (SSSR count). The molecule has 0 heterocycles. The van der Waals surface area contributed by atoms with Crippen LogP contribution in [0.5, 0.6) is 0 Å². The Hall–Kier alpha value is -0.790. The maximum absolute atomic E-state index is 11.5. The third-order valence-electron chi connectivity index (χ3n) is 4.55. The lowest BCUT2D eigenvalue weighted by Gasteiger charge is -2.10. The van der Waals surface area contributed by atoms with Gasteiger partial charge in [0, 0.05) is 6.42 Å². The van der Waals surface area contributed by atoms with Gasteiger partial charge in [0.2, 0.25) is 0 Å². The first-order chi connectivity index (χ1) is 11.7. The zero-order valence-electron chi connectivity index (χ0n) is 16.7. The van der Waals surface area contributed by atoms with Crippen molar-refractivity contribution < 1.29 is 9.53 Å². The minimum absolute atomic E-state index is 0.0259. The number of allylic oxidation sites excluding steroid dienone is 2. The summed E-state index contributed by atoms with van der Waals surface area (Å²) in [7, 11) is 0. The zero-order chi connectivity index (χ0) is 17.9. The van der Waals surface area contributed by atoms with Crippen molar-refractivity contribution in [2.24, 2.45) is 0 Å². The van der Waals surface area contributed by atoms with E-state index in [0.717, 1.165) is 19.3 Å². The molecule has 0 aromatic carbocycles. The Balaban J connectivity index is 3.22. The third-order valence-corrected chi connectivity index (χ3v) is 4.55. The van der Waals surface area contributed by atoms with E-state index in [1.807, 2.05) is 13.8 Å². The first-order valence-electron chi connectivity index (χ1n) is 10.5. The van der Waals surface area contributed by atoms with Gasteiger partial charge < -0.3 is 4.74 Å². The van der Waals surface area contributed by atoms with E-state index in [4.69, 9.17) is 4.74 Å². The van der Waals surface area contributed by atoms with Gasteiger partial charge in [0.05, 0.1) is 6.10 Å². The predicted molar refractivity (Wildman–Crippen MR) is 105 cm³/mol. The molecule has 0 N–H and O–H groups in total. The van der Waals surface area contributed by atoms with Gasteiger partial charge in [-0.2, -0.15) is 0 Å². The molecule has 1 unspecified atom stereocenters. The number of rotatable bonds is 17. The molecule has 0 fully saturated rings. The minimum Gasteiger partial charge on any atom is -0.463 e. The van der Waals surface area contributed by atoms with Crippen LogP contribution in [-0.2, 0) is 9.53 Å². The van der Waals surface area contributed by atoms with Gasteiger partial charge in [0.15, 0.2) is 0 Å². The second-order valence-electron chi connectivity index (χ2n) is 7.04. The Kier molecular flexibility index (Phi) is 17.9. The van der Waals surface area contributed by atoms with E-state index in [9.17, 15) is 4.79 Å². The van der Waals surface area contributed by atoms with E-state index in [1.165, 1.54) is 70.6 Å². The molecule has 0 saturated carbocycles. The Bertz CT molecular complexity index is 296.